The van der Waals surface area contributed by atoms with E-state index in [1.165, 1.54) is 5.56 Å². The quantitative estimate of drug-likeness (QED) is 0.884. The van der Waals surface area contributed by atoms with Crippen LogP contribution < -0.4 is 0 Å². The van der Waals surface area contributed by atoms with Crippen LogP contribution in [0.3, 0.4) is 0 Å². The number of likely N-dealkylation sites (tertiary alicyclic amines) is 1. The molecular formula is C15H21NO2. The third-order valence-electron chi connectivity index (χ3n) is 3.70. The maximum atomic E-state index is 11.8. The Morgan fingerprint density at radius 1 is 1.33 bits per heavy atom. The second-order valence-electron chi connectivity index (χ2n) is 5.66. The Morgan fingerprint density at radius 2 is 2.00 bits per heavy atom. The molecule has 1 aliphatic heterocycles. The highest BCUT2D eigenvalue weighted by atomic mass is 16.3. The molecule has 18 heavy (non-hydrogen) atoms. The molecule has 1 unspecified atom stereocenters. The molecular weight excluding hydrogens is 226 g/mol. The maximum Gasteiger partial charge on any atom is 0.225 e. The Balaban J connectivity index is 1.97. The van der Waals surface area contributed by atoms with Crippen molar-refractivity contribution in [3.63, 3.8) is 0 Å². The number of hydrogen-bond acceptors (Lipinski definition) is 2. The van der Waals surface area contributed by atoms with Crippen molar-refractivity contribution in [2.45, 2.75) is 44.8 Å². The number of nitrogens with zero attached hydrogens (tertiary/aromatic N) is 1. The van der Waals surface area contributed by atoms with Crippen LogP contribution in [0, 0.1) is 0 Å². The summed E-state index contributed by atoms with van der Waals surface area (Å²) < 4.78 is 0. The van der Waals surface area contributed by atoms with Crippen molar-refractivity contribution in [3.8, 4) is 0 Å². The van der Waals surface area contributed by atoms with Crippen LogP contribution in [0.15, 0.2) is 30.3 Å². The summed E-state index contributed by atoms with van der Waals surface area (Å²) in [6.45, 7) is 4.62. The zero-order chi connectivity index (χ0) is 13.2. The van der Waals surface area contributed by atoms with Crippen LogP contribution in [-0.4, -0.2) is 34.1 Å². The van der Waals surface area contributed by atoms with E-state index in [4.69, 9.17) is 0 Å². The number of rotatable bonds is 4. The van der Waals surface area contributed by atoms with Gasteiger partial charge < -0.3 is 10.0 Å². The first-order valence-corrected chi connectivity index (χ1v) is 6.51. The first-order valence-electron chi connectivity index (χ1n) is 6.51. The highest BCUT2D eigenvalue weighted by Gasteiger charge is 2.37. The molecule has 1 N–H and O–H groups in total. The summed E-state index contributed by atoms with van der Waals surface area (Å²) in [7, 11) is 0. The van der Waals surface area contributed by atoms with Crippen molar-refractivity contribution in [1.82, 2.24) is 4.90 Å². The number of aliphatic hydroxyl groups is 1. The van der Waals surface area contributed by atoms with E-state index >= 15 is 0 Å². The molecule has 0 saturated carbocycles. The minimum Gasteiger partial charge on any atom is -0.391 e. The number of carbonyl (C=O) groups excluding carboxylic acids is 1. The molecule has 1 aromatic rings. The highest BCUT2D eigenvalue weighted by Crippen LogP contribution is 2.26. The molecule has 1 heterocycles. The summed E-state index contributed by atoms with van der Waals surface area (Å²) in [5, 5.41) is 9.56. The minimum absolute atomic E-state index is 0.0700. The van der Waals surface area contributed by atoms with Gasteiger partial charge in [0.15, 0.2) is 0 Å². The van der Waals surface area contributed by atoms with E-state index in [1.807, 2.05) is 23.1 Å². The van der Waals surface area contributed by atoms with Gasteiger partial charge in [-0.15, -0.1) is 0 Å². The van der Waals surface area contributed by atoms with E-state index in [9.17, 15) is 9.90 Å². The molecule has 1 amide bonds. The predicted octanol–water partition coefficient (Wildman–Crippen LogP) is 1.99. The number of aryl methyl sites for hydroxylation is 1. The minimum atomic E-state index is -0.492. The van der Waals surface area contributed by atoms with E-state index in [0.29, 0.717) is 6.54 Å². The van der Waals surface area contributed by atoms with Crippen LogP contribution in [0.4, 0.5) is 0 Å². The fourth-order valence-corrected chi connectivity index (χ4v) is 2.50. The number of hydrogen-bond donors (Lipinski definition) is 1. The Morgan fingerprint density at radius 3 is 2.56 bits per heavy atom. The van der Waals surface area contributed by atoms with Crippen LogP contribution in [0.25, 0.3) is 0 Å². The van der Waals surface area contributed by atoms with Crippen molar-refractivity contribution in [3.05, 3.63) is 35.9 Å². The molecule has 1 aliphatic rings. The van der Waals surface area contributed by atoms with Crippen LogP contribution in [0.2, 0.25) is 0 Å². The second kappa shape index (κ2) is 5.11. The van der Waals surface area contributed by atoms with Crippen molar-refractivity contribution >= 4 is 5.91 Å². The van der Waals surface area contributed by atoms with E-state index < -0.39 is 6.10 Å². The Labute approximate surface area is 108 Å². The SMILES string of the molecule is CC(C)(CCc1ccccc1)N1CC(O)CC1=O. The fourth-order valence-electron chi connectivity index (χ4n) is 2.50. The molecule has 3 heteroatoms. The van der Waals surface area contributed by atoms with Gasteiger partial charge in [0, 0.05) is 12.1 Å². The summed E-state index contributed by atoms with van der Waals surface area (Å²) in [6, 6.07) is 10.3. The summed E-state index contributed by atoms with van der Waals surface area (Å²) >= 11 is 0. The second-order valence-corrected chi connectivity index (χ2v) is 5.66. The van der Waals surface area contributed by atoms with Crippen LogP contribution in [-0.2, 0) is 11.2 Å². The average Bonchev–Trinajstić information content (AvgIpc) is 2.68. The van der Waals surface area contributed by atoms with Gasteiger partial charge in [-0.2, -0.15) is 0 Å². The molecule has 1 atom stereocenters. The lowest BCUT2D eigenvalue weighted by Gasteiger charge is -2.35. The zero-order valence-corrected chi connectivity index (χ0v) is 11.1. The molecule has 1 fully saturated rings. The third kappa shape index (κ3) is 2.91. The number of benzene rings is 1. The summed E-state index contributed by atoms with van der Waals surface area (Å²) in [6.07, 6.45) is 1.64. The topological polar surface area (TPSA) is 40.5 Å². The largest absolute Gasteiger partial charge is 0.391 e. The first kappa shape index (κ1) is 13.1. The molecule has 0 bridgehead atoms. The predicted molar refractivity (Wildman–Crippen MR) is 71.2 cm³/mol. The molecule has 0 radical (unpaired) electrons. The normalized spacial score (nSPS) is 20.5. The lowest BCUT2D eigenvalue weighted by Crippen LogP contribution is -2.45. The standard InChI is InChI=1S/C15H21NO2/c1-15(2,16-11-13(17)10-14(16)18)9-8-12-6-4-3-5-7-12/h3-7,13,17H,8-11H2,1-2H3. The number of carbonyl (C=O) groups is 1. The van der Waals surface area contributed by atoms with Gasteiger partial charge in [0.05, 0.1) is 12.5 Å². The van der Waals surface area contributed by atoms with Gasteiger partial charge in [0.25, 0.3) is 0 Å². The number of amides is 1. The maximum absolute atomic E-state index is 11.8. The summed E-state index contributed by atoms with van der Waals surface area (Å²) in [4.78, 5) is 13.6. The Bertz CT molecular complexity index is 414. The summed E-state index contributed by atoms with van der Waals surface area (Å²) in [5.74, 6) is 0.0700. The molecule has 3 nitrogen and oxygen atoms in total. The van der Waals surface area contributed by atoms with E-state index in [1.54, 1.807) is 0 Å². The number of aliphatic hydroxyl groups excluding tert-OH is 1. The van der Waals surface area contributed by atoms with Crippen molar-refractivity contribution < 1.29 is 9.90 Å². The molecule has 0 aliphatic carbocycles. The monoisotopic (exact) mass is 247 g/mol. The van der Waals surface area contributed by atoms with Crippen LogP contribution >= 0.6 is 0 Å². The average molecular weight is 247 g/mol. The van der Waals surface area contributed by atoms with Crippen molar-refractivity contribution in [2.24, 2.45) is 0 Å². The van der Waals surface area contributed by atoms with E-state index in [2.05, 4.69) is 26.0 Å². The van der Waals surface area contributed by atoms with Gasteiger partial charge in [0.1, 0.15) is 0 Å². The molecule has 1 aromatic carbocycles. The highest BCUT2D eigenvalue weighted by molar-refractivity contribution is 5.79. The smallest absolute Gasteiger partial charge is 0.225 e. The van der Waals surface area contributed by atoms with Gasteiger partial charge in [-0.05, 0) is 32.3 Å². The molecule has 2 rings (SSSR count). The summed E-state index contributed by atoms with van der Waals surface area (Å²) in [5.41, 5.74) is 1.10. The number of β-amino-alcohol motifs (C(OH)–C–C–N with tert-alkyl or cyclic N) is 1. The van der Waals surface area contributed by atoms with E-state index in [-0.39, 0.29) is 17.9 Å². The lowest BCUT2D eigenvalue weighted by atomic mass is 9.93. The van der Waals surface area contributed by atoms with Gasteiger partial charge in [-0.3, -0.25) is 4.79 Å². The third-order valence-corrected chi connectivity index (χ3v) is 3.70. The van der Waals surface area contributed by atoms with Crippen molar-refractivity contribution in [1.29, 1.82) is 0 Å². The molecule has 98 valence electrons. The van der Waals surface area contributed by atoms with Crippen LogP contribution in [0.5, 0.6) is 0 Å². The van der Waals surface area contributed by atoms with Gasteiger partial charge in [0.2, 0.25) is 5.91 Å². The van der Waals surface area contributed by atoms with E-state index in [0.717, 1.165) is 12.8 Å². The molecule has 0 aromatic heterocycles. The Hall–Kier alpha value is -1.35. The van der Waals surface area contributed by atoms with Gasteiger partial charge in [-0.1, -0.05) is 30.3 Å². The zero-order valence-electron chi connectivity index (χ0n) is 11.1. The Kier molecular flexibility index (Phi) is 3.71. The first-order chi connectivity index (χ1) is 8.49. The fraction of sp³-hybridized carbons (Fsp3) is 0.533. The van der Waals surface area contributed by atoms with Crippen molar-refractivity contribution in [2.75, 3.05) is 6.54 Å². The van der Waals surface area contributed by atoms with Gasteiger partial charge in [-0.25, -0.2) is 0 Å². The van der Waals surface area contributed by atoms with Crippen LogP contribution in [0.1, 0.15) is 32.3 Å². The molecule has 1 saturated heterocycles. The molecule has 0 spiro atoms. The lowest BCUT2D eigenvalue weighted by molar-refractivity contribution is -0.132. The van der Waals surface area contributed by atoms with Gasteiger partial charge >= 0.3 is 0 Å².